The van der Waals surface area contributed by atoms with Crippen molar-refractivity contribution in [2.24, 2.45) is 11.8 Å². The van der Waals surface area contributed by atoms with Crippen LogP contribution in [0.15, 0.2) is 11.2 Å². The number of amides is 1. The predicted molar refractivity (Wildman–Crippen MR) is 90.3 cm³/mol. The van der Waals surface area contributed by atoms with Crippen LogP contribution in [0.5, 0.6) is 0 Å². The Morgan fingerprint density at radius 3 is 2.59 bits per heavy atom. The van der Waals surface area contributed by atoms with Gasteiger partial charge in [-0.15, -0.1) is 0 Å². The number of rotatable bonds is 4. The molecule has 0 unspecified atom stereocenters. The van der Waals surface area contributed by atoms with Gasteiger partial charge in [-0.3, -0.25) is 4.79 Å². The van der Waals surface area contributed by atoms with E-state index in [0.717, 1.165) is 6.42 Å². The fourth-order valence-electron chi connectivity index (χ4n) is 2.81. The van der Waals surface area contributed by atoms with E-state index in [1.54, 1.807) is 0 Å². The third-order valence-corrected chi connectivity index (χ3v) is 5.39. The van der Waals surface area contributed by atoms with Crippen LogP contribution >= 0.6 is 11.8 Å². The normalized spacial score (nSPS) is 26.4. The molecule has 0 aromatic carbocycles. The molecule has 0 spiro atoms. The van der Waals surface area contributed by atoms with E-state index < -0.39 is 0 Å². The molecule has 1 aromatic heterocycles. The van der Waals surface area contributed by atoms with Crippen molar-refractivity contribution in [3.63, 3.8) is 0 Å². The number of hydrogen-bond donors (Lipinski definition) is 3. The van der Waals surface area contributed by atoms with E-state index in [1.165, 1.54) is 30.7 Å². The fourth-order valence-corrected chi connectivity index (χ4v) is 3.62. The van der Waals surface area contributed by atoms with Gasteiger partial charge in [-0.1, -0.05) is 38.5 Å². The lowest BCUT2D eigenvalue weighted by atomic mass is 9.78. The third kappa shape index (κ3) is 4.25. The Morgan fingerprint density at radius 1 is 1.32 bits per heavy atom. The topological polar surface area (TPSA) is 107 Å². The molecule has 122 valence electrons. The fraction of sp³-hybridized carbons (Fsp3) is 0.667. The summed E-state index contributed by atoms with van der Waals surface area (Å²) in [5.74, 6) is 1.81. The summed E-state index contributed by atoms with van der Waals surface area (Å²) in [6.07, 6.45) is 3.47. The summed E-state index contributed by atoms with van der Waals surface area (Å²) in [7, 11) is 0. The average Bonchev–Trinajstić information content (AvgIpc) is 2.42. The van der Waals surface area contributed by atoms with E-state index >= 15 is 0 Å². The van der Waals surface area contributed by atoms with Crippen molar-refractivity contribution >= 4 is 29.3 Å². The van der Waals surface area contributed by atoms with Crippen molar-refractivity contribution < 1.29 is 4.79 Å². The molecule has 5 N–H and O–H groups in total. The highest BCUT2D eigenvalue weighted by molar-refractivity contribution is 8.00. The quantitative estimate of drug-likeness (QED) is 0.578. The lowest BCUT2D eigenvalue weighted by Gasteiger charge is -2.35. The number of nitrogens with one attached hydrogen (secondary N) is 1. The first-order valence-corrected chi connectivity index (χ1v) is 8.62. The SMILES string of the molecule is C[C@H]1[C@@H](C)CCC[C@H]1NC(=O)[C@H](C)Sc1nc(N)cc(N)n1. The molecule has 1 fully saturated rings. The number of anilines is 2. The van der Waals surface area contributed by atoms with Crippen molar-refractivity contribution in [1.82, 2.24) is 15.3 Å². The minimum atomic E-state index is -0.286. The van der Waals surface area contributed by atoms with Gasteiger partial charge in [-0.05, 0) is 25.2 Å². The van der Waals surface area contributed by atoms with Crippen LogP contribution in [0.1, 0.15) is 40.0 Å². The van der Waals surface area contributed by atoms with Crippen LogP contribution in [0, 0.1) is 11.8 Å². The Bertz CT molecular complexity index is 518. The van der Waals surface area contributed by atoms with E-state index in [-0.39, 0.29) is 17.2 Å². The van der Waals surface area contributed by atoms with Gasteiger partial charge in [0.05, 0.1) is 5.25 Å². The molecule has 1 aliphatic rings. The van der Waals surface area contributed by atoms with Gasteiger partial charge >= 0.3 is 0 Å². The number of hydrogen-bond acceptors (Lipinski definition) is 6. The maximum atomic E-state index is 12.4. The third-order valence-electron chi connectivity index (χ3n) is 4.43. The highest BCUT2D eigenvalue weighted by Gasteiger charge is 2.29. The van der Waals surface area contributed by atoms with E-state index in [0.29, 0.717) is 28.6 Å². The molecule has 1 aliphatic carbocycles. The summed E-state index contributed by atoms with van der Waals surface area (Å²) in [4.78, 5) is 20.6. The van der Waals surface area contributed by atoms with Gasteiger partial charge < -0.3 is 16.8 Å². The second-order valence-electron chi connectivity index (χ2n) is 6.14. The summed E-state index contributed by atoms with van der Waals surface area (Å²) >= 11 is 1.28. The minimum absolute atomic E-state index is 0.0144. The van der Waals surface area contributed by atoms with Gasteiger partial charge in [0.15, 0.2) is 5.16 Å². The Kier molecular flexibility index (Phi) is 5.50. The summed E-state index contributed by atoms with van der Waals surface area (Å²) in [6.45, 7) is 6.32. The zero-order valence-corrected chi connectivity index (χ0v) is 14.2. The maximum absolute atomic E-state index is 12.4. The molecule has 4 atom stereocenters. The van der Waals surface area contributed by atoms with Crippen molar-refractivity contribution in [3.8, 4) is 0 Å². The molecule has 1 amide bonds. The monoisotopic (exact) mass is 323 g/mol. The summed E-state index contributed by atoms with van der Waals surface area (Å²) < 4.78 is 0. The van der Waals surface area contributed by atoms with Crippen LogP contribution in [0.25, 0.3) is 0 Å². The van der Waals surface area contributed by atoms with Gasteiger partial charge in [0.1, 0.15) is 11.6 Å². The first-order valence-electron chi connectivity index (χ1n) is 7.74. The minimum Gasteiger partial charge on any atom is -0.383 e. The highest BCUT2D eigenvalue weighted by Crippen LogP contribution is 2.30. The molecule has 0 bridgehead atoms. The first-order chi connectivity index (χ1) is 10.4. The summed E-state index contributed by atoms with van der Waals surface area (Å²) in [6, 6.07) is 1.76. The van der Waals surface area contributed by atoms with E-state index in [9.17, 15) is 4.79 Å². The van der Waals surface area contributed by atoms with Crippen LogP contribution in [0.2, 0.25) is 0 Å². The molecular formula is C15H25N5OS. The zero-order valence-electron chi connectivity index (χ0n) is 13.4. The number of nitrogens with zero attached hydrogens (tertiary/aromatic N) is 2. The van der Waals surface area contributed by atoms with Gasteiger partial charge in [-0.2, -0.15) is 0 Å². The molecule has 0 aliphatic heterocycles. The molecule has 2 rings (SSSR count). The highest BCUT2D eigenvalue weighted by atomic mass is 32.2. The first kappa shape index (κ1) is 16.9. The summed E-state index contributed by atoms with van der Waals surface area (Å²) in [5.41, 5.74) is 11.3. The summed E-state index contributed by atoms with van der Waals surface area (Å²) in [5, 5.41) is 3.32. The molecule has 1 aromatic rings. The molecule has 1 saturated carbocycles. The van der Waals surface area contributed by atoms with Crippen molar-refractivity contribution in [3.05, 3.63) is 6.07 Å². The number of nitrogen functional groups attached to an aromatic ring is 2. The smallest absolute Gasteiger partial charge is 0.233 e. The molecule has 0 saturated heterocycles. The van der Waals surface area contributed by atoms with E-state index in [1.807, 2.05) is 6.92 Å². The Hall–Kier alpha value is -1.50. The predicted octanol–water partition coefficient (Wildman–Crippen LogP) is 2.06. The van der Waals surface area contributed by atoms with Gasteiger partial charge in [0.25, 0.3) is 0 Å². The second kappa shape index (κ2) is 7.17. The van der Waals surface area contributed by atoms with Crippen molar-refractivity contribution in [2.45, 2.75) is 56.5 Å². The van der Waals surface area contributed by atoms with Gasteiger partial charge in [-0.25, -0.2) is 9.97 Å². The standard InChI is InChI=1S/C15H25N5OS/c1-8-5-4-6-11(9(8)2)18-14(21)10(3)22-15-19-12(16)7-13(17)20-15/h7-11H,4-6H2,1-3H3,(H,18,21)(H4,16,17,19,20)/t8-,9-,10-,11+/m0/s1. The number of carbonyl (C=O) groups is 1. The van der Waals surface area contributed by atoms with Crippen LogP contribution in [-0.2, 0) is 4.79 Å². The Labute approximate surface area is 135 Å². The number of nitrogens with two attached hydrogens (primary N) is 2. The second-order valence-corrected chi connectivity index (χ2v) is 7.45. The van der Waals surface area contributed by atoms with E-state index in [4.69, 9.17) is 11.5 Å². The number of carbonyl (C=O) groups excluding carboxylic acids is 1. The van der Waals surface area contributed by atoms with Gasteiger partial charge in [0.2, 0.25) is 5.91 Å². The molecule has 0 radical (unpaired) electrons. The largest absolute Gasteiger partial charge is 0.383 e. The molecule has 22 heavy (non-hydrogen) atoms. The number of thioether (sulfide) groups is 1. The van der Waals surface area contributed by atoms with Gasteiger partial charge in [0, 0.05) is 12.1 Å². The molecule has 7 heteroatoms. The Balaban J connectivity index is 1.94. The number of aromatic nitrogens is 2. The van der Waals surface area contributed by atoms with Crippen LogP contribution < -0.4 is 16.8 Å². The van der Waals surface area contributed by atoms with Crippen molar-refractivity contribution in [2.75, 3.05) is 11.5 Å². The maximum Gasteiger partial charge on any atom is 0.233 e. The van der Waals surface area contributed by atoms with E-state index in [2.05, 4.69) is 29.1 Å². The zero-order chi connectivity index (χ0) is 16.3. The Morgan fingerprint density at radius 2 is 1.95 bits per heavy atom. The van der Waals surface area contributed by atoms with Crippen LogP contribution in [-0.4, -0.2) is 27.2 Å². The van der Waals surface area contributed by atoms with Crippen molar-refractivity contribution in [1.29, 1.82) is 0 Å². The molecular weight excluding hydrogens is 298 g/mol. The molecule has 6 nitrogen and oxygen atoms in total. The van der Waals surface area contributed by atoms with Crippen LogP contribution in [0.3, 0.4) is 0 Å². The lowest BCUT2D eigenvalue weighted by Crippen LogP contribution is -2.46. The average molecular weight is 323 g/mol. The molecule has 1 heterocycles. The lowest BCUT2D eigenvalue weighted by molar-refractivity contribution is -0.121. The van der Waals surface area contributed by atoms with Crippen LogP contribution in [0.4, 0.5) is 11.6 Å².